The Labute approximate surface area is 126 Å². The lowest BCUT2D eigenvalue weighted by molar-refractivity contribution is 0.0438. The molecule has 21 heavy (non-hydrogen) atoms. The van der Waals surface area contributed by atoms with Crippen LogP contribution < -0.4 is 5.32 Å². The van der Waals surface area contributed by atoms with E-state index in [4.69, 9.17) is 0 Å². The van der Waals surface area contributed by atoms with Crippen molar-refractivity contribution in [3.63, 3.8) is 0 Å². The molecule has 4 nitrogen and oxygen atoms in total. The van der Waals surface area contributed by atoms with Gasteiger partial charge in [-0.3, -0.25) is 4.79 Å². The second-order valence-corrected chi connectivity index (χ2v) is 6.54. The fourth-order valence-electron chi connectivity index (χ4n) is 3.26. The molecule has 1 aromatic rings. The van der Waals surface area contributed by atoms with Crippen molar-refractivity contribution in [2.45, 2.75) is 44.6 Å². The molecule has 0 bridgehead atoms. The Bertz CT molecular complexity index is 540. The van der Waals surface area contributed by atoms with Crippen LogP contribution >= 0.6 is 0 Å². The van der Waals surface area contributed by atoms with Gasteiger partial charge in [-0.05, 0) is 62.8 Å². The summed E-state index contributed by atoms with van der Waals surface area (Å²) in [6.45, 7) is 4.26. The number of hydrogen-bond donors (Lipinski definition) is 2. The van der Waals surface area contributed by atoms with Crippen molar-refractivity contribution in [2.24, 2.45) is 0 Å². The highest BCUT2D eigenvalue weighted by atomic mass is 16.3. The van der Waals surface area contributed by atoms with E-state index in [1.54, 1.807) is 0 Å². The molecular formula is C17H24N2O2. The van der Waals surface area contributed by atoms with Gasteiger partial charge in [-0.2, -0.15) is 0 Å². The summed E-state index contributed by atoms with van der Waals surface area (Å²) >= 11 is 0. The van der Waals surface area contributed by atoms with E-state index >= 15 is 0 Å². The lowest BCUT2D eigenvalue weighted by Gasteiger charge is -2.24. The number of carbonyl (C=O) groups excluding carboxylic acids is 1. The number of nitrogens with zero attached hydrogens (tertiary/aromatic N) is 1. The number of fused-ring (bicyclic) bond motifs is 1. The highest BCUT2D eigenvalue weighted by Gasteiger charge is 2.27. The molecule has 114 valence electrons. The van der Waals surface area contributed by atoms with Crippen LogP contribution in [-0.2, 0) is 6.42 Å². The summed E-state index contributed by atoms with van der Waals surface area (Å²) in [6, 6.07) is 5.98. The van der Waals surface area contributed by atoms with Crippen LogP contribution in [0, 0.1) is 0 Å². The summed E-state index contributed by atoms with van der Waals surface area (Å²) in [7, 11) is 0. The Balaban J connectivity index is 1.75. The molecule has 1 saturated heterocycles. The minimum absolute atomic E-state index is 0.0982. The predicted molar refractivity (Wildman–Crippen MR) is 83.6 cm³/mol. The number of anilines is 1. The first-order chi connectivity index (χ1) is 10.1. The van der Waals surface area contributed by atoms with Gasteiger partial charge >= 0.3 is 0 Å². The number of benzene rings is 1. The zero-order valence-corrected chi connectivity index (χ0v) is 12.7. The molecule has 1 amide bonds. The zero-order chi connectivity index (χ0) is 14.9. The van der Waals surface area contributed by atoms with Crippen molar-refractivity contribution in [1.82, 2.24) is 4.90 Å². The summed E-state index contributed by atoms with van der Waals surface area (Å²) in [4.78, 5) is 14.6. The van der Waals surface area contributed by atoms with Gasteiger partial charge in [0.2, 0.25) is 0 Å². The van der Waals surface area contributed by atoms with Gasteiger partial charge in [-0.1, -0.05) is 0 Å². The van der Waals surface area contributed by atoms with E-state index < -0.39 is 5.60 Å². The minimum atomic E-state index is -0.630. The number of hydrogen-bond acceptors (Lipinski definition) is 3. The number of aliphatic hydroxyl groups is 1. The number of amides is 1. The quantitative estimate of drug-likeness (QED) is 0.834. The number of carbonyl (C=O) groups is 1. The normalized spacial score (nSPS) is 25.7. The van der Waals surface area contributed by atoms with Crippen molar-refractivity contribution in [3.8, 4) is 0 Å². The van der Waals surface area contributed by atoms with Gasteiger partial charge in [-0.25, -0.2) is 0 Å². The first-order valence-electron chi connectivity index (χ1n) is 7.94. The Kier molecular flexibility index (Phi) is 3.89. The first kappa shape index (κ1) is 14.4. The standard InChI is InChI=1S/C17H24N2O2/c1-17(21)7-3-10-19(11-8-17)16(20)14-5-6-15-13(12-14)4-2-9-18-15/h5-6,12,18,21H,2-4,7-11H2,1H3. The number of rotatable bonds is 1. The van der Waals surface area contributed by atoms with Gasteiger partial charge in [0.25, 0.3) is 5.91 Å². The van der Waals surface area contributed by atoms with Crippen molar-refractivity contribution < 1.29 is 9.90 Å². The minimum Gasteiger partial charge on any atom is -0.390 e. The SMILES string of the molecule is CC1(O)CCCN(C(=O)c2ccc3c(c2)CCCN3)CC1. The van der Waals surface area contributed by atoms with Crippen molar-refractivity contribution in [3.05, 3.63) is 29.3 Å². The maximum absolute atomic E-state index is 12.7. The first-order valence-corrected chi connectivity index (χ1v) is 7.94. The molecule has 1 atom stereocenters. The number of aryl methyl sites for hydroxylation is 1. The maximum atomic E-state index is 12.7. The van der Waals surface area contributed by atoms with E-state index in [0.29, 0.717) is 13.0 Å². The summed E-state index contributed by atoms with van der Waals surface area (Å²) < 4.78 is 0. The van der Waals surface area contributed by atoms with Crippen LogP contribution in [0.3, 0.4) is 0 Å². The fourth-order valence-corrected chi connectivity index (χ4v) is 3.26. The van der Waals surface area contributed by atoms with Crippen LogP contribution in [0.15, 0.2) is 18.2 Å². The highest BCUT2D eigenvalue weighted by molar-refractivity contribution is 5.95. The Morgan fingerprint density at radius 1 is 1.29 bits per heavy atom. The van der Waals surface area contributed by atoms with Crippen LogP contribution in [0.2, 0.25) is 0 Å². The van der Waals surface area contributed by atoms with Gasteiger partial charge in [0, 0.05) is 30.9 Å². The van der Waals surface area contributed by atoms with E-state index in [9.17, 15) is 9.90 Å². The third-order valence-electron chi connectivity index (χ3n) is 4.64. The van der Waals surface area contributed by atoms with Crippen molar-refractivity contribution >= 4 is 11.6 Å². The van der Waals surface area contributed by atoms with Crippen molar-refractivity contribution in [2.75, 3.05) is 25.0 Å². The van der Waals surface area contributed by atoms with E-state index in [1.165, 1.54) is 5.56 Å². The molecule has 4 heteroatoms. The summed E-state index contributed by atoms with van der Waals surface area (Å²) in [5.41, 5.74) is 2.55. The predicted octanol–water partition coefficient (Wildman–Crippen LogP) is 2.42. The summed E-state index contributed by atoms with van der Waals surface area (Å²) in [5.74, 6) is 0.0982. The maximum Gasteiger partial charge on any atom is 0.253 e. The summed E-state index contributed by atoms with van der Waals surface area (Å²) in [6.07, 6.45) is 4.46. The molecule has 0 aromatic heterocycles. The van der Waals surface area contributed by atoms with E-state index in [2.05, 4.69) is 5.32 Å². The Hall–Kier alpha value is -1.55. The van der Waals surface area contributed by atoms with Gasteiger partial charge in [-0.15, -0.1) is 0 Å². The average Bonchev–Trinajstić information content (AvgIpc) is 2.67. The largest absolute Gasteiger partial charge is 0.390 e. The smallest absolute Gasteiger partial charge is 0.253 e. The van der Waals surface area contributed by atoms with Crippen LogP contribution in [0.25, 0.3) is 0 Å². The van der Waals surface area contributed by atoms with Gasteiger partial charge < -0.3 is 15.3 Å². The van der Waals surface area contributed by atoms with Crippen LogP contribution in [-0.4, -0.2) is 41.1 Å². The number of likely N-dealkylation sites (tertiary alicyclic amines) is 1. The molecular weight excluding hydrogens is 264 g/mol. The molecule has 3 rings (SSSR count). The lowest BCUT2D eigenvalue weighted by Crippen LogP contribution is -2.33. The molecule has 0 aliphatic carbocycles. The summed E-state index contributed by atoms with van der Waals surface area (Å²) in [5, 5.41) is 13.5. The molecule has 0 spiro atoms. The van der Waals surface area contributed by atoms with Crippen molar-refractivity contribution in [1.29, 1.82) is 0 Å². The topological polar surface area (TPSA) is 52.6 Å². The third-order valence-corrected chi connectivity index (χ3v) is 4.64. The lowest BCUT2D eigenvalue weighted by atomic mass is 9.98. The molecule has 2 aliphatic heterocycles. The molecule has 1 unspecified atom stereocenters. The van der Waals surface area contributed by atoms with Gasteiger partial charge in [0.15, 0.2) is 0 Å². The van der Waals surface area contributed by atoms with E-state index in [-0.39, 0.29) is 5.91 Å². The Morgan fingerprint density at radius 2 is 2.14 bits per heavy atom. The molecule has 1 fully saturated rings. The molecule has 1 aromatic carbocycles. The second kappa shape index (κ2) is 5.68. The van der Waals surface area contributed by atoms with Crippen LogP contribution in [0.4, 0.5) is 5.69 Å². The number of nitrogens with one attached hydrogen (secondary N) is 1. The zero-order valence-electron chi connectivity index (χ0n) is 12.7. The second-order valence-electron chi connectivity index (χ2n) is 6.54. The van der Waals surface area contributed by atoms with Gasteiger partial charge in [0.1, 0.15) is 0 Å². The van der Waals surface area contributed by atoms with Crippen LogP contribution in [0.1, 0.15) is 48.5 Å². The van der Waals surface area contributed by atoms with Crippen LogP contribution in [0.5, 0.6) is 0 Å². The van der Waals surface area contributed by atoms with E-state index in [1.807, 2.05) is 30.0 Å². The molecule has 2 aliphatic rings. The third kappa shape index (κ3) is 3.21. The van der Waals surface area contributed by atoms with E-state index in [0.717, 1.165) is 50.0 Å². The molecule has 0 saturated carbocycles. The van der Waals surface area contributed by atoms with Gasteiger partial charge in [0.05, 0.1) is 5.60 Å². The molecule has 2 N–H and O–H groups in total. The molecule has 2 heterocycles. The monoisotopic (exact) mass is 288 g/mol. The average molecular weight is 288 g/mol. The Morgan fingerprint density at radius 3 is 3.00 bits per heavy atom. The fraction of sp³-hybridized carbons (Fsp3) is 0.588. The highest BCUT2D eigenvalue weighted by Crippen LogP contribution is 2.25. The molecule has 0 radical (unpaired) electrons.